The van der Waals surface area contributed by atoms with Crippen molar-refractivity contribution in [1.29, 1.82) is 0 Å². The van der Waals surface area contributed by atoms with E-state index in [9.17, 15) is 4.79 Å². The van der Waals surface area contributed by atoms with Gasteiger partial charge in [-0.15, -0.1) is 0 Å². The Kier molecular flexibility index (Phi) is 3.89. The van der Waals surface area contributed by atoms with Gasteiger partial charge in [-0.2, -0.15) is 0 Å². The molecule has 5 nitrogen and oxygen atoms in total. The highest BCUT2D eigenvalue weighted by Crippen LogP contribution is 2.29. The largest absolute Gasteiger partial charge is 0.492 e. The van der Waals surface area contributed by atoms with Gasteiger partial charge in [0, 0.05) is 0 Å². The van der Waals surface area contributed by atoms with Gasteiger partial charge < -0.3 is 9.84 Å². The number of aliphatic carboxylic acids is 1. The molecule has 1 fully saturated rings. The first-order chi connectivity index (χ1) is 9.74. The Morgan fingerprint density at radius 1 is 1.30 bits per heavy atom. The molecule has 0 aromatic heterocycles. The topological polar surface area (TPSA) is 70.6 Å². The molecule has 0 spiro atoms. The fourth-order valence-electron chi connectivity index (χ4n) is 2.96. The Balaban J connectivity index is 1.61. The van der Waals surface area contributed by atoms with Gasteiger partial charge in [0.1, 0.15) is 18.4 Å². The van der Waals surface area contributed by atoms with Gasteiger partial charge in [-0.1, -0.05) is 12.1 Å². The molecule has 108 valence electrons. The summed E-state index contributed by atoms with van der Waals surface area (Å²) in [5.41, 5.74) is 8.49. The van der Waals surface area contributed by atoms with Crippen LogP contribution in [0.2, 0.25) is 0 Å². The molecule has 0 radical (unpaired) electrons. The minimum atomic E-state index is -0.822. The van der Waals surface area contributed by atoms with Crippen molar-refractivity contribution >= 4 is 5.97 Å². The van der Waals surface area contributed by atoms with Crippen LogP contribution in [0.25, 0.3) is 0 Å². The molecule has 0 bridgehead atoms. The first-order valence-electron chi connectivity index (χ1n) is 7.21. The van der Waals surface area contributed by atoms with Crippen molar-refractivity contribution < 1.29 is 14.6 Å². The van der Waals surface area contributed by atoms with E-state index in [1.807, 2.05) is 12.1 Å². The summed E-state index contributed by atoms with van der Waals surface area (Å²) in [4.78, 5) is 10.9. The van der Waals surface area contributed by atoms with Gasteiger partial charge in [-0.25, -0.2) is 5.43 Å². The fourth-order valence-corrected chi connectivity index (χ4v) is 2.96. The van der Waals surface area contributed by atoms with Gasteiger partial charge in [0.05, 0.1) is 6.04 Å². The zero-order valence-electron chi connectivity index (χ0n) is 11.4. The van der Waals surface area contributed by atoms with Crippen LogP contribution in [-0.2, 0) is 17.6 Å². The van der Waals surface area contributed by atoms with Gasteiger partial charge in [-0.05, 0) is 49.3 Å². The molecule has 1 aliphatic carbocycles. The Hall–Kier alpha value is -1.59. The lowest BCUT2D eigenvalue weighted by atomic mass is 9.91. The molecule has 5 heteroatoms. The zero-order valence-corrected chi connectivity index (χ0v) is 11.4. The molecule has 1 aliphatic heterocycles. The van der Waals surface area contributed by atoms with Crippen LogP contribution in [0.3, 0.4) is 0 Å². The number of carboxylic acid groups (broad SMARTS) is 1. The molecule has 0 amide bonds. The Morgan fingerprint density at radius 3 is 2.95 bits per heavy atom. The summed E-state index contributed by atoms with van der Waals surface area (Å²) in [5.74, 6) is 0.139. The smallest absolute Gasteiger partial charge is 0.322 e. The van der Waals surface area contributed by atoms with Gasteiger partial charge >= 0.3 is 5.97 Å². The summed E-state index contributed by atoms with van der Waals surface area (Å²) in [7, 11) is 0. The van der Waals surface area contributed by atoms with E-state index < -0.39 is 12.0 Å². The van der Waals surface area contributed by atoms with E-state index in [1.54, 1.807) is 0 Å². The SMILES string of the molecule is O=C(O)C1CC(COc2cccc3c2CCCC3)NN1. The number of rotatable bonds is 4. The van der Waals surface area contributed by atoms with Crippen molar-refractivity contribution in [1.82, 2.24) is 10.9 Å². The normalized spacial score (nSPS) is 25.2. The molecule has 2 unspecified atom stereocenters. The van der Waals surface area contributed by atoms with E-state index in [4.69, 9.17) is 9.84 Å². The monoisotopic (exact) mass is 276 g/mol. The number of nitrogens with one attached hydrogen (secondary N) is 2. The molecule has 1 heterocycles. The molecular formula is C15H20N2O3. The summed E-state index contributed by atoms with van der Waals surface area (Å²) in [6.45, 7) is 0.493. The lowest BCUT2D eigenvalue weighted by Gasteiger charge is -2.20. The first kappa shape index (κ1) is 13.4. The standard InChI is InChI=1S/C15H20N2O3/c18-15(19)13-8-11(16-17-13)9-20-14-7-3-5-10-4-1-2-6-12(10)14/h3,5,7,11,13,16-17H,1-2,4,6,8-9H2,(H,18,19). The highest BCUT2D eigenvalue weighted by atomic mass is 16.5. The molecule has 3 N–H and O–H groups in total. The van der Waals surface area contributed by atoms with Crippen LogP contribution >= 0.6 is 0 Å². The number of hydrogen-bond acceptors (Lipinski definition) is 4. The second kappa shape index (κ2) is 5.81. The predicted octanol–water partition coefficient (Wildman–Crippen LogP) is 1.26. The van der Waals surface area contributed by atoms with Crippen LogP contribution < -0.4 is 15.6 Å². The summed E-state index contributed by atoms with van der Waals surface area (Å²) in [6.07, 6.45) is 5.24. The average Bonchev–Trinajstić information content (AvgIpc) is 2.94. The number of carboxylic acids is 1. The van der Waals surface area contributed by atoms with E-state index in [-0.39, 0.29) is 6.04 Å². The van der Waals surface area contributed by atoms with Crippen molar-refractivity contribution in [3.63, 3.8) is 0 Å². The first-order valence-corrected chi connectivity index (χ1v) is 7.21. The quantitative estimate of drug-likeness (QED) is 0.772. The third-order valence-electron chi connectivity index (χ3n) is 4.07. The van der Waals surface area contributed by atoms with Gasteiger partial charge in [0.2, 0.25) is 0 Å². The summed E-state index contributed by atoms with van der Waals surface area (Å²) in [5, 5.41) is 8.93. The second-order valence-electron chi connectivity index (χ2n) is 5.52. The molecule has 0 saturated carbocycles. The maximum absolute atomic E-state index is 10.9. The van der Waals surface area contributed by atoms with Crippen LogP contribution in [0, 0.1) is 0 Å². The molecule has 2 atom stereocenters. The van der Waals surface area contributed by atoms with E-state index in [0.717, 1.165) is 18.6 Å². The van der Waals surface area contributed by atoms with Gasteiger partial charge in [0.15, 0.2) is 0 Å². The number of aryl methyl sites for hydroxylation is 1. The van der Waals surface area contributed by atoms with Crippen LogP contribution in [0.15, 0.2) is 18.2 Å². The molecule has 20 heavy (non-hydrogen) atoms. The van der Waals surface area contributed by atoms with Crippen molar-refractivity contribution in [2.45, 2.75) is 44.2 Å². The van der Waals surface area contributed by atoms with E-state index in [0.29, 0.717) is 13.0 Å². The van der Waals surface area contributed by atoms with Crippen molar-refractivity contribution in [2.24, 2.45) is 0 Å². The van der Waals surface area contributed by atoms with E-state index in [2.05, 4.69) is 16.9 Å². The van der Waals surface area contributed by atoms with Crippen LogP contribution in [0.4, 0.5) is 0 Å². The fraction of sp³-hybridized carbons (Fsp3) is 0.533. The maximum Gasteiger partial charge on any atom is 0.322 e. The Bertz CT molecular complexity index is 504. The van der Waals surface area contributed by atoms with Crippen LogP contribution in [0.1, 0.15) is 30.4 Å². The molecule has 3 rings (SSSR count). The van der Waals surface area contributed by atoms with Crippen molar-refractivity contribution in [2.75, 3.05) is 6.61 Å². The third-order valence-corrected chi connectivity index (χ3v) is 4.07. The number of ether oxygens (including phenoxy) is 1. The number of benzene rings is 1. The molecule has 1 saturated heterocycles. The molecule has 2 aliphatic rings. The summed E-state index contributed by atoms with van der Waals surface area (Å²) in [6, 6.07) is 5.75. The maximum atomic E-state index is 10.9. The lowest BCUT2D eigenvalue weighted by Crippen LogP contribution is -2.38. The second-order valence-corrected chi connectivity index (χ2v) is 5.52. The Morgan fingerprint density at radius 2 is 2.15 bits per heavy atom. The van der Waals surface area contributed by atoms with Crippen molar-refractivity contribution in [3.05, 3.63) is 29.3 Å². The number of hydrazine groups is 1. The molecular weight excluding hydrogens is 256 g/mol. The van der Waals surface area contributed by atoms with Crippen LogP contribution in [-0.4, -0.2) is 29.8 Å². The zero-order chi connectivity index (χ0) is 13.9. The Labute approximate surface area is 118 Å². The number of hydrogen-bond donors (Lipinski definition) is 3. The lowest BCUT2D eigenvalue weighted by molar-refractivity contribution is -0.139. The third kappa shape index (κ3) is 2.78. The minimum Gasteiger partial charge on any atom is -0.492 e. The predicted molar refractivity (Wildman–Crippen MR) is 74.7 cm³/mol. The number of carbonyl (C=O) groups is 1. The van der Waals surface area contributed by atoms with Crippen molar-refractivity contribution in [3.8, 4) is 5.75 Å². The average molecular weight is 276 g/mol. The highest BCUT2D eigenvalue weighted by Gasteiger charge is 2.29. The van der Waals surface area contributed by atoms with Crippen LogP contribution in [0.5, 0.6) is 5.75 Å². The number of fused-ring (bicyclic) bond motifs is 1. The summed E-state index contributed by atoms with van der Waals surface area (Å²) < 4.78 is 5.92. The summed E-state index contributed by atoms with van der Waals surface area (Å²) >= 11 is 0. The van der Waals surface area contributed by atoms with Gasteiger partial charge in [0.25, 0.3) is 0 Å². The highest BCUT2D eigenvalue weighted by molar-refractivity contribution is 5.73. The molecule has 1 aromatic carbocycles. The van der Waals surface area contributed by atoms with E-state index >= 15 is 0 Å². The minimum absolute atomic E-state index is 0.0375. The van der Waals surface area contributed by atoms with Gasteiger partial charge in [-0.3, -0.25) is 10.2 Å². The molecule has 1 aromatic rings. The van der Waals surface area contributed by atoms with E-state index in [1.165, 1.54) is 24.0 Å².